The van der Waals surface area contributed by atoms with Crippen LogP contribution in [0.4, 0.5) is 5.69 Å². The van der Waals surface area contributed by atoms with Crippen molar-refractivity contribution in [2.45, 2.75) is 6.42 Å². The van der Waals surface area contributed by atoms with Gasteiger partial charge >= 0.3 is 0 Å². The molecule has 0 aliphatic carbocycles. The number of nitrogens with zero attached hydrogens (tertiary/aromatic N) is 1. The number of carbonyl (C=O) groups excluding carboxylic acids is 1. The third kappa shape index (κ3) is 5.37. The van der Waals surface area contributed by atoms with E-state index in [0.29, 0.717) is 0 Å². The highest BCUT2D eigenvalue weighted by Crippen LogP contribution is 2.24. The minimum absolute atomic E-state index is 0.261. The van der Waals surface area contributed by atoms with Gasteiger partial charge in [-0.25, -0.2) is 4.98 Å². The number of rotatable bonds is 5. The Hall–Kier alpha value is -3.35. The maximum Gasteiger partial charge on any atom is 0.250 e. The van der Waals surface area contributed by atoms with Crippen molar-refractivity contribution in [3.8, 4) is 0 Å². The van der Waals surface area contributed by atoms with E-state index in [9.17, 15) is 4.79 Å². The minimum atomic E-state index is -0.274. The zero-order chi connectivity index (χ0) is 20.8. The fourth-order valence-electron chi connectivity index (χ4n) is 2.93. The molecule has 1 heterocycles. The SMILES string of the molecule is O=C(/C=C/c1ccccc1)NC(=S)Nc1ccc(Cc2nc3ccccc3s2)cc1. The molecule has 0 saturated carbocycles. The van der Waals surface area contributed by atoms with Gasteiger partial charge in [0.05, 0.1) is 15.2 Å². The smallest absolute Gasteiger partial charge is 0.250 e. The number of fused-ring (bicyclic) bond motifs is 1. The number of thiocarbonyl (C=S) groups is 1. The normalized spacial score (nSPS) is 10.9. The molecule has 4 aromatic rings. The third-order valence-electron chi connectivity index (χ3n) is 4.37. The Bertz CT molecular complexity index is 1170. The summed E-state index contributed by atoms with van der Waals surface area (Å²) in [5.74, 6) is -0.274. The molecule has 4 rings (SSSR count). The molecule has 3 aromatic carbocycles. The van der Waals surface area contributed by atoms with Crippen LogP contribution in [-0.2, 0) is 11.2 Å². The topological polar surface area (TPSA) is 54.0 Å². The molecule has 148 valence electrons. The Kier molecular flexibility index (Phi) is 6.27. The van der Waals surface area contributed by atoms with Gasteiger partial charge in [0.25, 0.3) is 0 Å². The van der Waals surface area contributed by atoms with E-state index in [1.54, 1.807) is 17.4 Å². The summed E-state index contributed by atoms with van der Waals surface area (Å²) in [6, 6.07) is 25.8. The molecule has 2 N–H and O–H groups in total. The number of hydrogen-bond donors (Lipinski definition) is 2. The summed E-state index contributed by atoms with van der Waals surface area (Å²) in [6.07, 6.45) is 3.99. The zero-order valence-electron chi connectivity index (χ0n) is 16.0. The molecule has 30 heavy (non-hydrogen) atoms. The number of benzene rings is 3. The van der Waals surface area contributed by atoms with Crippen LogP contribution < -0.4 is 10.6 Å². The van der Waals surface area contributed by atoms with E-state index >= 15 is 0 Å². The summed E-state index contributed by atoms with van der Waals surface area (Å²) >= 11 is 6.95. The number of amides is 1. The molecular formula is C24H19N3OS2. The van der Waals surface area contributed by atoms with Crippen LogP contribution in [0.25, 0.3) is 16.3 Å². The second kappa shape index (κ2) is 9.43. The first-order chi connectivity index (χ1) is 14.7. The third-order valence-corrected chi connectivity index (χ3v) is 5.61. The van der Waals surface area contributed by atoms with E-state index in [4.69, 9.17) is 12.2 Å². The van der Waals surface area contributed by atoms with E-state index in [-0.39, 0.29) is 11.0 Å². The molecule has 0 aliphatic rings. The Balaban J connectivity index is 1.31. The van der Waals surface area contributed by atoms with Crippen molar-refractivity contribution < 1.29 is 4.79 Å². The number of nitrogens with one attached hydrogen (secondary N) is 2. The van der Waals surface area contributed by atoms with Crippen LogP contribution in [-0.4, -0.2) is 16.0 Å². The van der Waals surface area contributed by atoms with Crippen LogP contribution in [0.1, 0.15) is 16.1 Å². The van der Waals surface area contributed by atoms with Crippen molar-refractivity contribution in [3.05, 3.63) is 101 Å². The molecule has 0 saturated heterocycles. The van der Waals surface area contributed by atoms with Gasteiger partial charge in [0.1, 0.15) is 0 Å². The van der Waals surface area contributed by atoms with E-state index in [2.05, 4.69) is 21.7 Å². The summed E-state index contributed by atoms with van der Waals surface area (Å²) in [6.45, 7) is 0. The van der Waals surface area contributed by atoms with E-state index in [0.717, 1.165) is 28.2 Å². The van der Waals surface area contributed by atoms with E-state index < -0.39 is 0 Å². The predicted molar refractivity (Wildman–Crippen MR) is 129 cm³/mol. The zero-order valence-corrected chi connectivity index (χ0v) is 17.7. The largest absolute Gasteiger partial charge is 0.332 e. The Morgan fingerprint density at radius 3 is 2.47 bits per heavy atom. The van der Waals surface area contributed by atoms with Crippen LogP contribution in [0.15, 0.2) is 84.9 Å². The Morgan fingerprint density at radius 1 is 0.967 bits per heavy atom. The first-order valence-corrected chi connectivity index (χ1v) is 10.7. The average molecular weight is 430 g/mol. The molecule has 0 unspecified atom stereocenters. The van der Waals surface area contributed by atoms with Gasteiger partial charge in [-0.2, -0.15) is 0 Å². The Labute approximate surface area is 184 Å². The molecule has 0 bridgehead atoms. The maximum absolute atomic E-state index is 12.0. The number of thiazole rings is 1. The molecule has 4 nitrogen and oxygen atoms in total. The van der Waals surface area contributed by atoms with Gasteiger partial charge in [-0.05, 0) is 53.7 Å². The molecule has 1 amide bonds. The van der Waals surface area contributed by atoms with Crippen LogP contribution in [0.2, 0.25) is 0 Å². The van der Waals surface area contributed by atoms with Gasteiger partial charge < -0.3 is 5.32 Å². The lowest BCUT2D eigenvalue weighted by molar-refractivity contribution is -0.115. The van der Waals surface area contributed by atoms with Gasteiger partial charge in [0.15, 0.2) is 5.11 Å². The second-order valence-corrected chi connectivity index (χ2v) is 8.16. The van der Waals surface area contributed by atoms with E-state index in [1.165, 1.54) is 16.3 Å². The molecule has 0 aliphatic heterocycles. The van der Waals surface area contributed by atoms with Gasteiger partial charge in [-0.15, -0.1) is 11.3 Å². The first-order valence-electron chi connectivity index (χ1n) is 9.44. The number of para-hydroxylation sites is 1. The van der Waals surface area contributed by atoms with Crippen molar-refractivity contribution in [2.75, 3.05) is 5.32 Å². The predicted octanol–water partition coefficient (Wildman–Crippen LogP) is 5.41. The maximum atomic E-state index is 12.0. The fourth-order valence-corrected chi connectivity index (χ4v) is 4.15. The average Bonchev–Trinajstić information content (AvgIpc) is 3.17. The van der Waals surface area contributed by atoms with Crippen LogP contribution >= 0.6 is 23.6 Å². The van der Waals surface area contributed by atoms with Crippen molar-refractivity contribution in [3.63, 3.8) is 0 Å². The number of carbonyl (C=O) groups is 1. The summed E-state index contributed by atoms with van der Waals surface area (Å²) < 4.78 is 1.20. The van der Waals surface area contributed by atoms with Gasteiger partial charge in [0, 0.05) is 18.2 Å². The monoisotopic (exact) mass is 429 g/mol. The van der Waals surface area contributed by atoms with Crippen molar-refractivity contribution in [2.24, 2.45) is 0 Å². The summed E-state index contributed by atoms with van der Waals surface area (Å²) in [4.78, 5) is 16.7. The lowest BCUT2D eigenvalue weighted by Crippen LogP contribution is -2.32. The molecule has 6 heteroatoms. The second-order valence-electron chi connectivity index (χ2n) is 6.64. The van der Waals surface area contributed by atoms with Crippen molar-refractivity contribution in [1.82, 2.24) is 10.3 Å². The quantitative estimate of drug-likeness (QED) is 0.329. The fraction of sp³-hybridized carbons (Fsp3) is 0.0417. The minimum Gasteiger partial charge on any atom is -0.332 e. The highest BCUT2D eigenvalue weighted by Gasteiger charge is 2.05. The molecule has 0 spiro atoms. The lowest BCUT2D eigenvalue weighted by Gasteiger charge is -2.08. The number of anilines is 1. The van der Waals surface area contributed by atoms with Crippen LogP contribution in [0.3, 0.4) is 0 Å². The van der Waals surface area contributed by atoms with Crippen LogP contribution in [0.5, 0.6) is 0 Å². The molecule has 0 atom stereocenters. The number of aromatic nitrogens is 1. The van der Waals surface area contributed by atoms with Gasteiger partial charge in [-0.3, -0.25) is 10.1 Å². The van der Waals surface area contributed by atoms with Gasteiger partial charge in [0.2, 0.25) is 5.91 Å². The first kappa shape index (κ1) is 19.9. The molecular weight excluding hydrogens is 410 g/mol. The summed E-state index contributed by atoms with van der Waals surface area (Å²) in [5.41, 5.74) is 3.98. The summed E-state index contributed by atoms with van der Waals surface area (Å²) in [5, 5.41) is 7.04. The van der Waals surface area contributed by atoms with Crippen LogP contribution in [0, 0.1) is 0 Å². The molecule has 1 aromatic heterocycles. The van der Waals surface area contributed by atoms with E-state index in [1.807, 2.05) is 72.8 Å². The van der Waals surface area contributed by atoms with Crippen molar-refractivity contribution >= 4 is 56.6 Å². The summed E-state index contributed by atoms with van der Waals surface area (Å²) in [7, 11) is 0. The number of hydrogen-bond acceptors (Lipinski definition) is 4. The highest BCUT2D eigenvalue weighted by atomic mass is 32.1. The lowest BCUT2D eigenvalue weighted by atomic mass is 10.1. The van der Waals surface area contributed by atoms with Crippen molar-refractivity contribution in [1.29, 1.82) is 0 Å². The highest BCUT2D eigenvalue weighted by molar-refractivity contribution is 7.80. The van der Waals surface area contributed by atoms with Gasteiger partial charge in [-0.1, -0.05) is 54.6 Å². The Morgan fingerprint density at radius 2 is 1.70 bits per heavy atom. The molecule has 0 fully saturated rings. The molecule has 0 radical (unpaired) electrons. The standard InChI is InChI=1S/C24H19N3OS2/c28-22(15-12-17-6-2-1-3-7-17)27-24(29)25-19-13-10-18(11-14-19)16-23-26-20-8-4-5-9-21(20)30-23/h1-15H,16H2,(H2,25,27,28,29)/b15-12+.